The molecule has 0 aromatic heterocycles. The number of carbonyl (C=O) groups excluding carboxylic acids is 1. The molecule has 1 unspecified atom stereocenters. The molecule has 3 nitrogen and oxygen atoms in total. The first-order valence-corrected chi connectivity index (χ1v) is 9.20. The van der Waals surface area contributed by atoms with E-state index < -0.39 is 0 Å². The van der Waals surface area contributed by atoms with E-state index in [1.165, 1.54) is 37.7 Å². The summed E-state index contributed by atoms with van der Waals surface area (Å²) >= 11 is 0. The number of carbonyl (C=O) groups is 1. The zero-order valence-corrected chi connectivity index (χ0v) is 16.0. The van der Waals surface area contributed by atoms with Gasteiger partial charge in [0.2, 0.25) is 5.91 Å². The Kier molecular flexibility index (Phi) is 6.70. The van der Waals surface area contributed by atoms with E-state index in [0.29, 0.717) is 6.04 Å². The van der Waals surface area contributed by atoms with Gasteiger partial charge in [-0.2, -0.15) is 0 Å². The summed E-state index contributed by atoms with van der Waals surface area (Å²) in [4.78, 5) is 15.4. The molecule has 1 aliphatic carbocycles. The third-order valence-corrected chi connectivity index (χ3v) is 5.57. The number of benzene rings is 1. The van der Waals surface area contributed by atoms with E-state index in [-0.39, 0.29) is 24.4 Å². The SMILES string of the molecule is Cc1cc(C)c(NC(=O)C2CCCN2C2CCCCC2)c(C)c1.Cl. The topological polar surface area (TPSA) is 32.3 Å². The van der Waals surface area contributed by atoms with E-state index in [1.807, 2.05) is 0 Å². The number of anilines is 1. The highest BCUT2D eigenvalue weighted by Crippen LogP contribution is 2.30. The van der Waals surface area contributed by atoms with E-state index in [4.69, 9.17) is 0 Å². The lowest BCUT2D eigenvalue weighted by molar-refractivity contribution is -0.121. The van der Waals surface area contributed by atoms with Gasteiger partial charge in [-0.05, 0) is 64.1 Å². The van der Waals surface area contributed by atoms with Crippen LogP contribution in [0, 0.1) is 20.8 Å². The summed E-state index contributed by atoms with van der Waals surface area (Å²) in [6.45, 7) is 7.37. The summed E-state index contributed by atoms with van der Waals surface area (Å²) in [6.07, 6.45) is 8.71. The molecule has 1 atom stereocenters. The van der Waals surface area contributed by atoms with E-state index in [1.54, 1.807) is 0 Å². The van der Waals surface area contributed by atoms with E-state index >= 15 is 0 Å². The van der Waals surface area contributed by atoms with E-state index in [9.17, 15) is 4.79 Å². The summed E-state index contributed by atoms with van der Waals surface area (Å²) in [6, 6.07) is 4.99. The number of rotatable bonds is 3. The summed E-state index contributed by atoms with van der Waals surface area (Å²) in [5.74, 6) is 0.197. The minimum atomic E-state index is 0. The molecule has 1 aliphatic heterocycles. The van der Waals surface area contributed by atoms with Crippen molar-refractivity contribution in [1.29, 1.82) is 0 Å². The number of nitrogens with one attached hydrogen (secondary N) is 1. The Balaban J connectivity index is 0.00000208. The molecule has 1 N–H and O–H groups in total. The fraction of sp³-hybridized carbons (Fsp3) is 0.650. The van der Waals surface area contributed by atoms with Crippen molar-refractivity contribution in [3.63, 3.8) is 0 Å². The average Bonchev–Trinajstić information content (AvgIpc) is 3.01. The Labute approximate surface area is 152 Å². The van der Waals surface area contributed by atoms with Crippen molar-refractivity contribution in [1.82, 2.24) is 4.90 Å². The van der Waals surface area contributed by atoms with Gasteiger partial charge in [-0.1, -0.05) is 37.0 Å². The van der Waals surface area contributed by atoms with Crippen LogP contribution in [0.1, 0.15) is 61.6 Å². The maximum atomic E-state index is 12.9. The van der Waals surface area contributed by atoms with Crippen molar-refractivity contribution in [3.8, 4) is 0 Å². The van der Waals surface area contributed by atoms with Gasteiger partial charge in [0.1, 0.15) is 0 Å². The summed E-state index contributed by atoms with van der Waals surface area (Å²) in [5, 5.41) is 3.24. The molecule has 24 heavy (non-hydrogen) atoms. The Morgan fingerprint density at radius 1 is 1.00 bits per heavy atom. The van der Waals surface area contributed by atoms with Gasteiger partial charge in [0.15, 0.2) is 0 Å². The van der Waals surface area contributed by atoms with Crippen LogP contribution in [0.5, 0.6) is 0 Å². The number of nitrogens with zero attached hydrogens (tertiary/aromatic N) is 1. The molecule has 1 aromatic carbocycles. The second-order valence-corrected chi connectivity index (χ2v) is 7.45. The highest BCUT2D eigenvalue weighted by atomic mass is 35.5. The molecular formula is C20H31ClN2O. The molecule has 0 bridgehead atoms. The average molecular weight is 351 g/mol. The number of halogens is 1. The molecule has 1 saturated carbocycles. The summed E-state index contributed by atoms with van der Waals surface area (Å²) in [5.41, 5.74) is 4.59. The van der Waals surface area contributed by atoms with Crippen LogP contribution in [0.15, 0.2) is 12.1 Å². The van der Waals surface area contributed by atoms with Crippen molar-refractivity contribution >= 4 is 24.0 Å². The lowest BCUT2D eigenvalue weighted by Crippen LogP contribution is -2.46. The summed E-state index contributed by atoms with van der Waals surface area (Å²) in [7, 11) is 0. The van der Waals surface area contributed by atoms with Crippen molar-refractivity contribution in [2.45, 2.75) is 77.8 Å². The predicted molar refractivity (Wildman–Crippen MR) is 103 cm³/mol. The van der Waals surface area contributed by atoms with E-state index in [2.05, 4.69) is 43.1 Å². The maximum absolute atomic E-state index is 12.9. The number of hydrogen-bond donors (Lipinski definition) is 1. The quantitative estimate of drug-likeness (QED) is 0.851. The van der Waals surface area contributed by atoms with Crippen LogP contribution in [-0.2, 0) is 4.79 Å². The highest BCUT2D eigenvalue weighted by Gasteiger charge is 2.35. The lowest BCUT2D eigenvalue weighted by Gasteiger charge is -2.35. The minimum absolute atomic E-state index is 0. The Hall–Kier alpha value is -1.06. The Morgan fingerprint density at radius 3 is 2.25 bits per heavy atom. The largest absolute Gasteiger partial charge is 0.324 e. The van der Waals surface area contributed by atoms with Crippen LogP contribution in [0.4, 0.5) is 5.69 Å². The molecule has 3 rings (SSSR count). The van der Waals surface area contributed by atoms with Gasteiger partial charge in [0, 0.05) is 11.7 Å². The normalized spacial score (nSPS) is 22.2. The van der Waals surface area contributed by atoms with Crippen molar-refractivity contribution in [3.05, 3.63) is 28.8 Å². The Bertz CT molecular complexity index is 558. The highest BCUT2D eigenvalue weighted by molar-refractivity contribution is 5.96. The fourth-order valence-electron chi connectivity index (χ4n) is 4.50. The molecule has 1 amide bonds. The molecule has 2 fully saturated rings. The first-order valence-electron chi connectivity index (χ1n) is 9.20. The van der Waals surface area contributed by atoms with Crippen LogP contribution in [0.3, 0.4) is 0 Å². The first kappa shape index (κ1) is 19.3. The van der Waals surface area contributed by atoms with Crippen molar-refractivity contribution in [2.24, 2.45) is 0 Å². The lowest BCUT2D eigenvalue weighted by atomic mass is 9.93. The molecule has 4 heteroatoms. The third kappa shape index (κ3) is 4.12. The van der Waals surface area contributed by atoms with Crippen LogP contribution >= 0.6 is 12.4 Å². The van der Waals surface area contributed by atoms with Crippen LogP contribution in [0.2, 0.25) is 0 Å². The maximum Gasteiger partial charge on any atom is 0.241 e. The van der Waals surface area contributed by atoms with Gasteiger partial charge in [-0.25, -0.2) is 0 Å². The van der Waals surface area contributed by atoms with Gasteiger partial charge < -0.3 is 5.32 Å². The second-order valence-electron chi connectivity index (χ2n) is 7.45. The molecule has 0 spiro atoms. The monoisotopic (exact) mass is 350 g/mol. The van der Waals surface area contributed by atoms with E-state index in [0.717, 1.165) is 36.2 Å². The van der Waals surface area contributed by atoms with Gasteiger partial charge in [-0.3, -0.25) is 9.69 Å². The smallest absolute Gasteiger partial charge is 0.241 e. The number of amides is 1. The number of likely N-dealkylation sites (tertiary alicyclic amines) is 1. The van der Waals surface area contributed by atoms with Gasteiger partial charge in [0.25, 0.3) is 0 Å². The predicted octanol–water partition coefficient (Wildman–Crippen LogP) is 4.77. The minimum Gasteiger partial charge on any atom is -0.324 e. The Morgan fingerprint density at radius 2 is 1.62 bits per heavy atom. The van der Waals surface area contributed by atoms with Crippen LogP contribution < -0.4 is 5.32 Å². The summed E-state index contributed by atoms with van der Waals surface area (Å²) < 4.78 is 0. The van der Waals surface area contributed by atoms with Crippen LogP contribution in [0.25, 0.3) is 0 Å². The molecule has 1 heterocycles. The number of hydrogen-bond acceptors (Lipinski definition) is 2. The first-order chi connectivity index (χ1) is 11.1. The van der Waals surface area contributed by atoms with Gasteiger partial charge in [-0.15, -0.1) is 12.4 Å². The second kappa shape index (κ2) is 8.35. The van der Waals surface area contributed by atoms with Crippen LogP contribution in [-0.4, -0.2) is 29.4 Å². The zero-order chi connectivity index (χ0) is 16.4. The zero-order valence-electron chi connectivity index (χ0n) is 15.2. The molecular weight excluding hydrogens is 320 g/mol. The molecule has 2 aliphatic rings. The molecule has 134 valence electrons. The number of aryl methyl sites for hydroxylation is 3. The third-order valence-electron chi connectivity index (χ3n) is 5.57. The van der Waals surface area contributed by atoms with Gasteiger partial charge >= 0.3 is 0 Å². The van der Waals surface area contributed by atoms with Gasteiger partial charge in [0.05, 0.1) is 6.04 Å². The molecule has 1 saturated heterocycles. The fourth-order valence-corrected chi connectivity index (χ4v) is 4.50. The molecule has 0 radical (unpaired) electrons. The molecule has 1 aromatic rings. The van der Waals surface area contributed by atoms with Crippen molar-refractivity contribution < 1.29 is 4.79 Å². The standard InChI is InChI=1S/C20H30N2O.ClH/c1-14-12-15(2)19(16(3)13-14)21-20(23)18-10-7-11-22(18)17-8-5-4-6-9-17;/h12-13,17-18H,4-11H2,1-3H3,(H,21,23);1H. The van der Waals surface area contributed by atoms with Crippen molar-refractivity contribution in [2.75, 3.05) is 11.9 Å².